The van der Waals surface area contributed by atoms with Gasteiger partial charge in [0.15, 0.2) is 0 Å². The third kappa shape index (κ3) is 4.69. The standard InChI is InChI=1S/C23H30N4O2/c1-2-29-20-10-8-18(9-11-20)21-16-22(25-17-24-21)26-12-14-27(15-13-26)23(28)19-6-4-3-5-7-19/h8-11,16-17,19H,2-7,12-15H2,1H3. The minimum atomic E-state index is 0.251. The van der Waals surface area contributed by atoms with E-state index in [9.17, 15) is 4.79 Å². The first-order chi connectivity index (χ1) is 14.2. The van der Waals surface area contributed by atoms with E-state index in [0.29, 0.717) is 12.5 Å². The van der Waals surface area contributed by atoms with Crippen molar-refractivity contribution in [3.8, 4) is 17.0 Å². The Kier molecular flexibility index (Phi) is 6.27. The van der Waals surface area contributed by atoms with Gasteiger partial charge in [0.2, 0.25) is 5.91 Å². The third-order valence-corrected chi connectivity index (χ3v) is 5.98. The molecule has 1 aliphatic heterocycles. The van der Waals surface area contributed by atoms with Crippen molar-refractivity contribution in [3.05, 3.63) is 36.7 Å². The summed E-state index contributed by atoms with van der Waals surface area (Å²) >= 11 is 0. The molecule has 29 heavy (non-hydrogen) atoms. The molecule has 2 fully saturated rings. The van der Waals surface area contributed by atoms with E-state index in [2.05, 4.69) is 19.8 Å². The maximum atomic E-state index is 12.8. The van der Waals surface area contributed by atoms with Crippen molar-refractivity contribution < 1.29 is 9.53 Å². The fraction of sp³-hybridized carbons (Fsp3) is 0.522. The first kappa shape index (κ1) is 19.7. The zero-order valence-electron chi connectivity index (χ0n) is 17.2. The van der Waals surface area contributed by atoms with Crippen LogP contribution in [-0.4, -0.2) is 53.6 Å². The molecule has 1 saturated heterocycles. The number of piperazine rings is 1. The SMILES string of the molecule is CCOc1ccc(-c2cc(N3CCN(C(=O)C4CCCCC4)CC3)ncn2)cc1. The molecule has 1 aromatic heterocycles. The van der Waals surface area contributed by atoms with E-state index < -0.39 is 0 Å². The van der Waals surface area contributed by atoms with Crippen molar-refractivity contribution in [2.24, 2.45) is 5.92 Å². The van der Waals surface area contributed by atoms with E-state index in [0.717, 1.165) is 61.8 Å². The molecule has 1 saturated carbocycles. The lowest BCUT2D eigenvalue weighted by molar-refractivity contribution is -0.136. The van der Waals surface area contributed by atoms with Gasteiger partial charge in [-0.1, -0.05) is 19.3 Å². The molecule has 0 bridgehead atoms. The minimum Gasteiger partial charge on any atom is -0.494 e. The van der Waals surface area contributed by atoms with E-state index in [1.165, 1.54) is 19.3 Å². The molecule has 2 aliphatic rings. The number of carbonyl (C=O) groups excluding carboxylic acids is 1. The Morgan fingerprint density at radius 3 is 2.45 bits per heavy atom. The predicted molar refractivity (Wildman–Crippen MR) is 114 cm³/mol. The van der Waals surface area contributed by atoms with Crippen LogP contribution in [0.3, 0.4) is 0 Å². The molecule has 0 unspecified atom stereocenters. The zero-order chi connectivity index (χ0) is 20.1. The Labute approximate surface area is 172 Å². The predicted octanol–water partition coefficient (Wildman–Crippen LogP) is 3.77. The number of hydrogen-bond donors (Lipinski definition) is 0. The Bertz CT molecular complexity index is 810. The molecule has 6 nitrogen and oxygen atoms in total. The fourth-order valence-corrected chi connectivity index (χ4v) is 4.33. The number of anilines is 1. The molecular weight excluding hydrogens is 364 g/mol. The number of ether oxygens (including phenoxy) is 1. The fourth-order valence-electron chi connectivity index (χ4n) is 4.33. The van der Waals surface area contributed by atoms with Crippen LogP contribution in [0.15, 0.2) is 36.7 Å². The smallest absolute Gasteiger partial charge is 0.225 e. The van der Waals surface area contributed by atoms with Gasteiger partial charge in [-0.15, -0.1) is 0 Å². The number of aromatic nitrogens is 2. The molecule has 2 heterocycles. The Hall–Kier alpha value is -2.63. The van der Waals surface area contributed by atoms with Gasteiger partial charge in [0.25, 0.3) is 0 Å². The number of benzene rings is 1. The van der Waals surface area contributed by atoms with Crippen molar-refractivity contribution in [1.29, 1.82) is 0 Å². The summed E-state index contributed by atoms with van der Waals surface area (Å²) in [4.78, 5) is 26.0. The second-order valence-corrected chi connectivity index (χ2v) is 7.87. The average Bonchev–Trinajstić information content (AvgIpc) is 2.80. The number of amides is 1. The quantitative estimate of drug-likeness (QED) is 0.773. The summed E-state index contributed by atoms with van der Waals surface area (Å²) in [7, 11) is 0. The molecule has 1 amide bonds. The van der Waals surface area contributed by atoms with Gasteiger partial charge < -0.3 is 14.5 Å². The molecule has 1 aromatic carbocycles. The number of rotatable bonds is 5. The van der Waals surface area contributed by atoms with Crippen LogP contribution in [0, 0.1) is 5.92 Å². The minimum absolute atomic E-state index is 0.251. The highest BCUT2D eigenvalue weighted by Gasteiger charge is 2.28. The van der Waals surface area contributed by atoms with E-state index >= 15 is 0 Å². The lowest BCUT2D eigenvalue weighted by Gasteiger charge is -2.37. The van der Waals surface area contributed by atoms with Crippen LogP contribution in [0.25, 0.3) is 11.3 Å². The Morgan fingerprint density at radius 2 is 1.76 bits per heavy atom. The summed E-state index contributed by atoms with van der Waals surface area (Å²) in [5, 5.41) is 0. The second kappa shape index (κ2) is 9.25. The highest BCUT2D eigenvalue weighted by molar-refractivity contribution is 5.79. The van der Waals surface area contributed by atoms with E-state index in [1.807, 2.05) is 37.3 Å². The molecule has 0 N–H and O–H groups in total. The van der Waals surface area contributed by atoms with Crippen molar-refractivity contribution in [3.63, 3.8) is 0 Å². The van der Waals surface area contributed by atoms with Crippen molar-refractivity contribution in [2.75, 3.05) is 37.7 Å². The maximum absolute atomic E-state index is 12.8. The van der Waals surface area contributed by atoms with Crippen LogP contribution in [0.4, 0.5) is 5.82 Å². The van der Waals surface area contributed by atoms with Gasteiger partial charge >= 0.3 is 0 Å². The van der Waals surface area contributed by atoms with E-state index in [4.69, 9.17) is 4.74 Å². The second-order valence-electron chi connectivity index (χ2n) is 7.87. The third-order valence-electron chi connectivity index (χ3n) is 5.98. The first-order valence-corrected chi connectivity index (χ1v) is 10.8. The molecule has 1 aliphatic carbocycles. The molecule has 0 spiro atoms. The molecule has 0 atom stereocenters. The summed E-state index contributed by atoms with van der Waals surface area (Å²) in [5.41, 5.74) is 1.95. The van der Waals surface area contributed by atoms with Crippen LogP contribution in [0.1, 0.15) is 39.0 Å². The van der Waals surface area contributed by atoms with Gasteiger partial charge in [-0.05, 0) is 44.0 Å². The summed E-state index contributed by atoms with van der Waals surface area (Å²) in [6.45, 7) is 5.82. The first-order valence-electron chi connectivity index (χ1n) is 10.8. The van der Waals surface area contributed by atoms with Gasteiger partial charge in [-0.3, -0.25) is 4.79 Å². The van der Waals surface area contributed by atoms with Crippen LogP contribution in [0.2, 0.25) is 0 Å². The Morgan fingerprint density at radius 1 is 1.03 bits per heavy atom. The highest BCUT2D eigenvalue weighted by atomic mass is 16.5. The normalized spacial score (nSPS) is 18.0. The Balaban J connectivity index is 1.38. The summed E-state index contributed by atoms with van der Waals surface area (Å²) < 4.78 is 5.52. The van der Waals surface area contributed by atoms with Crippen LogP contribution in [0.5, 0.6) is 5.75 Å². The largest absolute Gasteiger partial charge is 0.494 e. The van der Waals surface area contributed by atoms with Crippen molar-refractivity contribution in [1.82, 2.24) is 14.9 Å². The monoisotopic (exact) mass is 394 g/mol. The lowest BCUT2D eigenvalue weighted by atomic mass is 9.88. The van der Waals surface area contributed by atoms with Crippen molar-refractivity contribution >= 4 is 11.7 Å². The maximum Gasteiger partial charge on any atom is 0.225 e. The van der Waals surface area contributed by atoms with Gasteiger partial charge in [-0.25, -0.2) is 9.97 Å². The zero-order valence-corrected chi connectivity index (χ0v) is 17.2. The van der Waals surface area contributed by atoms with Gasteiger partial charge in [0.05, 0.1) is 12.3 Å². The topological polar surface area (TPSA) is 58.6 Å². The van der Waals surface area contributed by atoms with Gasteiger partial charge in [-0.2, -0.15) is 0 Å². The summed E-state index contributed by atoms with van der Waals surface area (Å²) in [6, 6.07) is 10.0. The number of hydrogen-bond acceptors (Lipinski definition) is 5. The van der Waals surface area contributed by atoms with E-state index in [1.54, 1.807) is 6.33 Å². The number of carbonyl (C=O) groups is 1. The molecule has 6 heteroatoms. The van der Waals surface area contributed by atoms with Crippen LogP contribution in [-0.2, 0) is 4.79 Å². The van der Waals surface area contributed by atoms with Crippen molar-refractivity contribution in [2.45, 2.75) is 39.0 Å². The molecule has 154 valence electrons. The van der Waals surface area contributed by atoms with Gasteiger partial charge in [0, 0.05) is 43.7 Å². The number of nitrogens with zero attached hydrogens (tertiary/aromatic N) is 4. The van der Waals surface area contributed by atoms with Gasteiger partial charge in [0.1, 0.15) is 17.9 Å². The van der Waals surface area contributed by atoms with Crippen LogP contribution < -0.4 is 9.64 Å². The van der Waals surface area contributed by atoms with Crippen LogP contribution >= 0.6 is 0 Å². The highest BCUT2D eigenvalue weighted by Crippen LogP contribution is 2.27. The lowest BCUT2D eigenvalue weighted by Crippen LogP contribution is -2.50. The average molecular weight is 395 g/mol. The molecule has 4 rings (SSSR count). The van der Waals surface area contributed by atoms with E-state index in [-0.39, 0.29) is 5.92 Å². The molecule has 0 radical (unpaired) electrons. The summed E-state index contributed by atoms with van der Waals surface area (Å²) in [5.74, 6) is 2.40. The molecule has 2 aromatic rings. The molecular formula is C23H30N4O2. The summed E-state index contributed by atoms with van der Waals surface area (Å²) in [6.07, 6.45) is 7.44.